The third-order valence-corrected chi connectivity index (χ3v) is 3.02. The number of hydrogen-bond donors (Lipinski definition) is 2. The van der Waals surface area contributed by atoms with Crippen molar-refractivity contribution < 1.29 is 4.79 Å². The highest BCUT2D eigenvalue weighted by Crippen LogP contribution is 2.13. The summed E-state index contributed by atoms with van der Waals surface area (Å²) in [5.74, 6) is 0.233. The van der Waals surface area contributed by atoms with Gasteiger partial charge in [-0.15, -0.1) is 0 Å². The first-order valence-electron chi connectivity index (χ1n) is 5.98. The van der Waals surface area contributed by atoms with Gasteiger partial charge in [0.1, 0.15) is 5.82 Å². The minimum absolute atomic E-state index is 0.0735. The van der Waals surface area contributed by atoms with Gasteiger partial charge in [0, 0.05) is 12.2 Å². The maximum atomic E-state index is 12.0. The summed E-state index contributed by atoms with van der Waals surface area (Å²) in [6.45, 7) is 4.19. The van der Waals surface area contributed by atoms with E-state index in [9.17, 15) is 4.79 Å². The maximum absolute atomic E-state index is 12.0. The molecule has 0 saturated carbocycles. The van der Waals surface area contributed by atoms with Crippen molar-refractivity contribution in [1.82, 2.24) is 20.0 Å². The van der Waals surface area contributed by atoms with E-state index in [1.165, 1.54) is 6.20 Å². The standard InChI is InChI=1S/C12H17N5O/c1-3-8(2)17-5-4-9(16-17)6-11(18)10-7-14-15-12(10)13/h4-5,7-8H,3,6H2,1-2H3,(H3,13,14,15). The number of carbonyl (C=O) groups is 1. The molecule has 0 fully saturated rings. The Hall–Kier alpha value is -2.11. The fourth-order valence-corrected chi connectivity index (χ4v) is 1.68. The van der Waals surface area contributed by atoms with Crippen molar-refractivity contribution in [2.45, 2.75) is 32.7 Å². The predicted molar refractivity (Wildman–Crippen MR) is 68.3 cm³/mol. The van der Waals surface area contributed by atoms with Gasteiger partial charge in [-0.3, -0.25) is 14.6 Å². The number of carbonyl (C=O) groups excluding carboxylic acids is 1. The smallest absolute Gasteiger partial charge is 0.174 e. The number of H-pyrrole nitrogens is 1. The summed E-state index contributed by atoms with van der Waals surface area (Å²) >= 11 is 0. The maximum Gasteiger partial charge on any atom is 0.174 e. The van der Waals surface area contributed by atoms with Gasteiger partial charge < -0.3 is 5.73 Å². The molecule has 0 aliphatic carbocycles. The van der Waals surface area contributed by atoms with Crippen LogP contribution < -0.4 is 5.73 Å². The highest BCUT2D eigenvalue weighted by molar-refractivity contribution is 6.00. The molecular formula is C12H17N5O. The summed E-state index contributed by atoms with van der Waals surface area (Å²) in [4.78, 5) is 12.0. The number of rotatable bonds is 5. The first kappa shape index (κ1) is 12.3. The molecule has 0 aliphatic rings. The zero-order valence-electron chi connectivity index (χ0n) is 10.6. The number of nitrogens with one attached hydrogen (secondary N) is 1. The molecule has 0 radical (unpaired) electrons. The normalized spacial score (nSPS) is 12.6. The third-order valence-electron chi connectivity index (χ3n) is 3.02. The van der Waals surface area contributed by atoms with Crippen molar-refractivity contribution in [3.05, 3.63) is 29.7 Å². The molecule has 0 aliphatic heterocycles. The average molecular weight is 247 g/mol. The molecule has 6 nitrogen and oxygen atoms in total. The number of Topliss-reactive ketones (excluding diaryl/α,β-unsaturated/α-hetero) is 1. The van der Waals surface area contributed by atoms with Gasteiger partial charge in [0.25, 0.3) is 0 Å². The Labute approximate surface area is 105 Å². The van der Waals surface area contributed by atoms with E-state index in [1.54, 1.807) is 0 Å². The lowest BCUT2D eigenvalue weighted by Gasteiger charge is -2.07. The first-order valence-corrected chi connectivity index (χ1v) is 5.98. The number of nitrogens with zero attached hydrogens (tertiary/aromatic N) is 3. The summed E-state index contributed by atoms with van der Waals surface area (Å²) in [5, 5.41) is 10.7. The van der Waals surface area contributed by atoms with Crippen molar-refractivity contribution in [3.63, 3.8) is 0 Å². The van der Waals surface area contributed by atoms with Crippen LogP contribution in [0, 0.1) is 0 Å². The number of ketones is 1. The number of anilines is 1. The van der Waals surface area contributed by atoms with E-state index in [1.807, 2.05) is 16.9 Å². The van der Waals surface area contributed by atoms with E-state index in [0.29, 0.717) is 17.4 Å². The third kappa shape index (κ3) is 2.42. The largest absolute Gasteiger partial charge is 0.383 e. The molecule has 0 bridgehead atoms. The van der Waals surface area contributed by atoms with E-state index >= 15 is 0 Å². The van der Waals surface area contributed by atoms with Crippen LogP contribution in [0.4, 0.5) is 5.82 Å². The van der Waals surface area contributed by atoms with Crippen LogP contribution >= 0.6 is 0 Å². The van der Waals surface area contributed by atoms with Crippen LogP contribution in [0.1, 0.15) is 42.4 Å². The van der Waals surface area contributed by atoms with Crippen LogP contribution in [0.3, 0.4) is 0 Å². The Morgan fingerprint density at radius 3 is 3.00 bits per heavy atom. The SMILES string of the molecule is CCC(C)n1ccc(CC(=O)c2cn[nH]c2N)n1. The van der Waals surface area contributed by atoms with Gasteiger partial charge in [-0.25, -0.2) is 0 Å². The van der Waals surface area contributed by atoms with Crippen LogP contribution in [-0.2, 0) is 6.42 Å². The molecule has 18 heavy (non-hydrogen) atoms. The van der Waals surface area contributed by atoms with E-state index in [0.717, 1.165) is 12.1 Å². The van der Waals surface area contributed by atoms with Crippen molar-refractivity contribution in [3.8, 4) is 0 Å². The summed E-state index contributed by atoms with van der Waals surface area (Å²) in [6.07, 6.45) is 4.59. The van der Waals surface area contributed by atoms with Crippen molar-refractivity contribution in [2.75, 3.05) is 5.73 Å². The number of nitrogens with two attached hydrogens (primary N) is 1. The second-order valence-electron chi connectivity index (χ2n) is 4.34. The molecular weight excluding hydrogens is 230 g/mol. The quantitative estimate of drug-likeness (QED) is 0.785. The summed E-state index contributed by atoms with van der Waals surface area (Å²) in [5.41, 5.74) is 6.78. The predicted octanol–water partition coefficient (Wildman–Crippen LogP) is 1.58. The van der Waals surface area contributed by atoms with Gasteiger partial charge in [-0.05, 0) is 19.4 Å². The van der Waals surface area contributed by atoms with Gasteiger partial charge in [-0.1, -0.05) is 6.92 Å². The second-order valence-corrected chi connectivity index (χ2v) is 4.34. The summed E-state index contributed by atoms with van der Waals surface area (Å²) in [7, 11) is 0. The monoisotopic (exact) mass is 247 g/mol. The Kier molecular flexibility index (Phi) is 3.45. The van der Waals surface area contributed by atoms with Crippen LogP contribution in [0.5, 0.6) is 0 Å². The molecule has 6 heteroatoms. The molecule has 0 aromatic carbocycles. The summed E-state index contributed by atoms with van der Waals surface area (Å²) < 4.78 is 1.88. The molecule has 1 unspecified atom stereocenters. The minimum Gasteiger partial charge on any atom is -0.383 e. The molecule has 0 saturated heterocycles. The number of aromatic nitrogens is 4. The summed E-state index contributed by atoms with van der Waals surface area (Å²) in [6, 6.07) is 2.20. The highest BCUT2D eigenvalue weighted by atomic mass is 16.1. The zero-order chi connectivity index (χ0) is 13.1. The molecule has 2 aromatic heterocycles. The van der Waals surface area contributed by atoms with E-state index in [4.69, 9.17) is 5.73 Å². The molecule has 1 atom stereocenters. The van der Waals surface area contributed by atoms with Crippen LogP contribution in [0.2, 0.25) is 0 Å². The van der Waals surface area contributed by atoms with Crippen molar-refractivity contribution in [1.29, 1.82) is 0 Å². The molecule has 2 rings (SSSR count). The van der Waals surface area contributed by atoms with Crippen LogP contribution in [0.25, 0.3) is 0 Å². The minimum atomic E-state index is -0.0735. The Balaban J connectivity index is 2.08. The van der Waals surface area contributed by atoms with Crippen molar-refractivity contribution in [2.24, 2.45) is 0 Å². The van der Waals surface area contributed by atoms with Crippen LogP contribution in [-0.4, -0.2) is 25.8 Å². The fraction of sp³-hybridized carbons (Fsp3) is 0.417. The zero-order valence-corrected chi connectivity index (χ0v) is 10.6. The molecule has 0 amide bonds. The lowest BCUT2D eigenvalue weighted by molar-refractivity contribution is 0.0992. The van der Waals surface area contributed by atoms with Gasteiger partial charge in [0.2, 0.25) is 0 Å². The Bertz CT molecular complexity index is 542. The average Bonchev–Trinajstić information content (AvgIpc) is 2.97. The fourth-order valence-electron chi connectivity index (χ4n) is 1.68. The van der Waals surface area contributed by atoms with E-state index in [2.05, 4.69) is 29.1 Å². The highest BCUT2D eigenvalue weighted by Gasteiger charge is 2.14. The molecule has 2 heterocycles. The number of aromatic amines is 1. The lowest BCUT2D eigenvalue weighted by atomic mass is 10.1. The molecule has 2 aromatic rings. The van der Waals surface area contributed by atoms with Crippen LogP contribution in [0.15, 0.2) is 18.5 Å². The topological polar surface area (TPSA) is 89.6 Å². The number of nitrogen functional groups attached to an aromatic ring is 1. The Morgan fingerprint density at radius 1 is 1.61 bits per heavy atom. The molecule has 0 spiro atoms. The number of hydrogen-bond acceptors (Lipinski definition) is 4. The van der Waals surface area contributed by atoms with E-state index < -0.39 is 0 Å². The first-order chi connectivity index (χ1) is 8.61. The van der Waals surface area contributed by atoms with Gasteiger partial charge in [0.05, 0.1) is 23.9 Å². The van der Waals surface area contributed by atoms with Gasteiger partial charge in [-0.2, -0.15) is 10.2 Å². The Morgan fingerprint density at radius 2 is 2.39 bits per heavy atom. The molecule has 3 N–H and O–H groups in total. The lowest BCUT2D eigenvalue weighted by Crippen LogP contribution is -2.08. The molecule has 96 valence electrons. The van der Waals surface area contributed by atoms with Gasteiger partial charge in [0.15, 0.2) is 5.78 Å². The van der Waals surface area contributed by atoms with Gasteiger partial charge >= 0.3 is 0 Å². The van der Waals surface area contributed by atoms with Crippen molar-refractivity contribution >= 4 is 11.6 Å². The van der Waals surface area contributed by atoms with E-state index in [-0.39, 0.29) is 12.2 Å². The second kappa shape index (κ2) is 5.03.